The molecule has 6 nitrogen and oxygen atoms in total. The van der Waals surface area contributed by atoms with Crippen molar-refractivity contribution >= 4 is 23.5 Å². The Morgan fingerprint density at radius 3 is 2.39 bits per heavy atom. The molecule has 2 atom stereocenters. The number of benzene rings is 1. The van der Waals surface area contributed by atoms with Gasteiger partial charge in [0.15, 0.2) is 0 Å². The number of nitrogens with zero attached hydrogens (tertiary/aromatic N) is 1. The first-order valence-corrected chi connectivity index (χ1v) is 10.3. The third kappa shape index (κ3) is 4.72. The van der Waals surface area contributed by atoms with Crippen molar-refractivity contribution in [3.63, 3.8) is 0 Å². The number of likely N-dealkylation sites (tertiary alicyclic amines) is 1. The van der Waals surface area contributed by atoms with E-state index in [1.807, 2.05) is 17.9 Å². The zero-order valence-electron chi connectivity index (χ0n) is 16.7. The molecular formula is C22H30N2O4. The van der Waals surface area contributed by atoms with Gasteiger partial charge in [-0.05, 0) is 68.7 Å². The van der Waals surface area contributed by atoms with Crippen molar-refractivity contribution in [2.45, 2.75) is 52.4 Å². The van der Waals surface area contributed by atoms with E-state index in [4.69, 9.17) is 0 Å². The third-order valence-corrected chi connectivity index (χ3v) is 6.20. The second-order valence-corrected chi connectivity index (χ2v) is 8.39. The van der Waals surface area contributed by atoms with Crippen LogP contribution in [0.15, 0.2) is 18.2 Å². The average molecular weight is 386 g/mol. The molecule has 0 aromatic heterocycles. The standard InChI is InChI=1S/C22H30N2O4/c1-14-8-10-24(11-9-14)21(26)17-6-7-19(15(2)12-17)23-20(25)16-4-3-5-18(13-16)22(27)28/h6-7,12,14,16,18H,3-5,8-11,13H2,1-2H3,(H,23,25)(H,27,28). The minimum Gasteiger partial charge on any atom is -0.481 e. The lowest BCUT2D eigenvalue weighted by Gasteiger charge is -2.30. The summed E-state index contributed by atoms with van der Waals surface area (Å²) in [6, 6.07) is 5.38. The van der Waals surface area contributed by atoms with Crippen LogP contribution in [0.5, 0.6) is 0 Å². The summed E-state index contributed by atoms with van der Waals surface area (Å²) >= 11 is 0. The minimum atomic E-state index is -0.816. The quantitative estimate of drug-likeness (QED) is 0.826. The highest BCUT2D eigenvalue weighted by atomic mass is 16.4. The normalized spacial score (nSPS) is 23.3. The SMILES string of the molecule is Cc1cc(C(=O)N2CCC(C)CC2)ccc1NC(=O)C1CCCC(C(=O)O)C1. The van der Waals surface area contributed by atoms with E-state index < -0.39 is 11.9 Å². The van der Waals surface area contributed by atoms with Crippen LogP contribution in [0.1, 0.15) is 61.4 Å². The summed E-state index contributed by atoms with van der Waals surface area (Å²) in [5.74, 6) is -0.932. The van der Waals surface area contributed by atoms with Crippen LogP contribution in [-0.2, 0) is 9.59 Å². The smallest absolute Gasteiger partial charge is 0.306 e. The maximum atomic E-state index is 12.7. The Bertz CT molecular complexity index is 753. The number of amides is 2. The highest BCUT2D eigenvalue weighted by Gasteiger charge is 2.31. The topological polar surface area (TPSA) is 86.7 Å². The second-order valence-electron chi connectivity index (χ2n) is 8.39. The van der Waals surface area contributed by atoms with Gasteiger partial charge in [-0.1, -0.05) is 13.3 Å². The number of nitrogens with one attached hydrogen (secondary N) is 1. The van der Waals surface area contributed by atoms with Crippen LogP contribution in [-0.4, -0.2) is 40.9 Å². The number of piperidine rings is 1. The van der Waals surface area contributed by atoms with Crippen LogP contribution in [0.2, 0.25) is 0 Å². The highest BCUT2D eigenvalue weighted by Crippen LogP contribution is 2.30. The Balaban J connectivity index is 1.63. The second kappa shape index (κ2) is 8.76. The molecule has 2 N–H and O–H groups in total. The molecule has 0 bridgehead atoms. The van der Waals surface area contributed by atoms with Crippen LogP contribution < -0.4 is 5.32 Å². The van der Waals surface area contributed by atoms with Crippen LogP contribution in [0.25, 0.3) is 0 Å². The molecule has 2 fully saturated rings. The van der Waals surface area contributed by atoms with E-state index >= 15 is 0 Å². The predicted octanol–water partition coefficient (Wildman–Crippen LogP) is 3.70. The fourth-order valence-corrected chi connectivity index (χ4v) is 4.22. The number of rotatable bonds is 4. The van der Waals surface area contributed by atoms with Gasteiger partial charge < -0.3 is 15.3 Å². The lowest BCUT2D eigenvalue weighted by Crippen LogP contribution is -2.37. The molecule has 2 amide bonds. The number of carbonyl (C=O) groups is 3. The van der Waals surface area contributed by atoms with Crippen molar-refractivity contribution < 1.29 is 19.5 Å². The third-order valence-electron chi connectivity index (χ3n) is 6.20. The summed E-state index contributed by atoms with van der Waals surface area (Å²) in [5.41, 5.74) is 2.18. The lowest BCUT2D eigenvalue weighted by molar-refractivity contribution is -0.143. The highest BCUT2D eigenvalue weighted by molar-refractivity contribution is 5.97. The summed E-state index contributed by atoms with van der Waals surface area (Å²) in [6.45, 7) is 5.69. The fourth-order valence-electron chi connectivity index (χ4n) is 4.22. The Labute approximate surface area is 166 Å². The van der Waals surface area contributed by atoms with Crippen molar-refractivity contribution in [2.75, 3.05) is 18.4 Å². The molecule has 1 aromatic rings. The maximum Gasteiger partial charge on any atom is 0.306 e. The molecule has 2 unspecified atom stereocenters. The summed E-state index contributed by atoms with van der Waals surface area (Å²) in [6.07, 6.45) is 4.60. The monoisotopic (exact) mass is 386 g/mol. The van der Waals surface area contributed by atoms with Crippen LogP contribution >= 0.6 is 0 Å². The molecular weight excluding hydrogens is 356 g/mol. The molecule has 2 aliphatic rings. The Morgan fingerprint density at radius 1 is 1.07 bits per heavy atom. The number of carboxylic acids is 1. The molecule has 1 saturated heterocycles. The van der Waals surface area contributed by atoms with Gasteiger partial charge in [-0.15, -0.1) is 0 Å². The molecule has 152 valence electrons. The molecule has 0 spiro atoms. The van der Waals surface area contributed by atoms with Gasteiger partial charge >= 0.3 is 5.97 Å². The Morgan fingerprint density at radius 2 is 1.75 bits per heavy atom. The molecule has 1 aliphatic heterocycles. The van der Waals surface area contributed by atoms with Crippen LogP contribution in [0.3, 0.4) is 0 Å². The number of carboxylic acid groups (broad SMARTS) is 1. The Hall–Kier alpha value is -2.37. The molecule has 6 heteroatoms. The van der Waals surface area contributed by atoms with Gasteiger partial charge in [0.05, 0.1) is 5.92 Å². The summed E-state index contributed by atoms with van der Waals surface area (Å²) < 4.78 is 0. The number of hydrogen-bond donors (Lipinski definition) is 2. The zero-order chi connectivity index (χ0) is 20.3. The first-order chi connectivity index (χ1) is 13.3. The van der Waals surface area contributed by atoms with E-state index in [1.165, 1.54) is 0 Å². The number of hydrogen-bond acceptors (Lipinski definition) is 3. The first-order valence-electron chi connectivity index (χ1n) is 10.3. The van der Waals surface area contributed by atoms with E-state index in [0.717, 1.165) is 44.3 Å². The summed E-state index contributed by atoms with van der Waals surface area (Å²) in [4.78, 5) is 38.4. The molecule has 3 rings (SSSR count). The van der Waals surface area contributed by atoms with Crippen molar-refractivity contribution in [1.82, 2.24) is 4.90 Å². The van der Waals surface area contributed by atoms with Gasteiger partial charge in [0.2, 0.25) is 5.91 Å². The average Bonchev–Trinajstić information content (AvgIpc) is 2.69. The number of aliphatic carboxylic acids is 1. The van der Waals surface area contributed by atoms with Crippen molar-refractivity contribution in [2.24, 2.45) is 17.8 Å². The van der Waals surface area contributed by atoms with Crippen LogP contribution in [0, 0.1) is 24.7 Å². The van der Waals surface area contributed by atoms with Crippen molar-refractivity contribution in [3.8, 4) is 0 Å². The summed E-state index contributed by atoms with van der Waals surface area (Å²) in [5, 5.41) is 12.1. The molecule has 1 aromatic carbocycles. The van der Waals surface area contributed by atoms with Gasteiger partial charge in [-0.3, -0.25) is 14.4 Å². The van der Waals surface area contributed by atoms with Crippen molar-refractivity contribution in [3.05, 3.63) is 29.3 Å². The molecule has 1 heterocycles. The first kappa shape index (κ1) is 20.4. The van der Waals surface area contributed by atoms with E-state index in [2.05, 4.69) is 12.2 Å². The summed E-state index contributed by atoms with van der Waals surface area (Å²) in [7, 11) is 0. The van der Waals surface area contributed by atoms with Gasteiger partial charge in [0.25, 0.3) is 5.91 Å². The van der Waals surface area contributed by atoms with E-state index in [1.54, 1.807) is 12.1 Å². The fraction of sp³-hybridized carbons (Fsp3) is 0.591. The number of anilines is 1. The number of carbonyl (C=O) groups excluding carboxylic acids is 2. The number of aryl methyl sites for hydroxylation is 1. The predicted molar refractivity (Wildman–Crippen MR) is 107 cm³/mol. The lowest BCUT2D eigenvalue weighted by atomic mass is 9.81. The van der Waals surface area contributed by atoms with Crippen molar-refractivity contribution in [1.29, 1.82) is 0 Å². The van der Waals surface area contributed by atoms with Gasteiger partial charge in [-0.25, -0.2) is 0 Å². The minimum absolute atomic E-state index is 0.0458. The van der Waals surface area contributed by atoms with E-state index in [0.29, 0.717) is 30.0 Å². The molecule has 28 heavy (non-hydrogen) atoms. The molecule has 1 aliphatic carbocycles. The molecule has 1 saturated carbocycles. The van der Waals surface area contributed by atoms with Crippen LogP contribution in [0.4, 0.5) is 5.69 Å². The largest absolute Gasteiger partial charge is 0.481 e. The Kier molecular flexibility index (Phi) is 6.37. The van der Waals surface area contributed by atoms with E-state index in [9.17, 15) is 19.5 Å². The maximum absolute atomic E-state index is 12.7. The zero-order valence-corrected chi connectivity index (χ0v) is 16.7. The van der Waals surface area contributed by atoms with E-state index in [-0.39, 0.29) is 17.7 Å². The van der Waals surface area contributed by atoms with Gasteiger partial charge in [-0.2, -0.15) is 0 Å². The van der Waals surface area contributed by atoms with Gasteiger partial charge in [0, 0.05) is 30.3 Å². The van der Waals surface area contributed by atoms with Gasteiger partial charge in [0.1, 0.15) is 0 Å². The molecule has 0 radical (unpaired) electrons.